The Kier molecular flexibility index (Phi) is 3.08. The Labute approximate surface area is 107 Å². The number of hydrogen-bond acceptors (Lipinski definition) is 2. The maximum absolute atomic E-state index is 11.2. The molecule has 0 aromatic heterocycles. The number of nitrogens with zero attached hydrogens (tertiary/aromatic N) is 1. The van der Waals surface area contributed by atoms with Crippen LogP contribution in [0.4, 0.5) is 0 Å². The molecule has 3 atom stereocenters. The molecular formula is C15H19NO2. The van der Waals surface area contributed by atoms with Crippen LogP contribution in [0.5, 0.6) is 0 Å². The zero-order valence-corrected chi connectivity index (χ0v) is 10.5. The summed E-state index contributed by atoms with van der Waals surface area (Å²) in [5.74, 6) is 0.292. The number of likely N-dealkylation sites (tertiary alicyclic amines) is 1. The van der Waals surface area contributed by atoms with Gasteiger partial charge in [0.2, 0.25) is 0 Å². The van der Waals surface area contributed by atoms with Crippen LogP contribution in [0.1, 0.15) is 18.4 Å². The summed E-state index contributed by atoms with van der Waals surface area (Å²) in [6.07, 6.45) is 1.97. The van der Waals surface area contributed by atoms with Gasteiger partial charge in [-0.3, -0.25) is 9.69 Å². The first-order chi connectivity index (χ1) is 8.74. The van der Waals surface area contributed by atoms with Gasteiger partial charge < -0.3 is 5.11 Å². The van der Waals surface area contributed by atoms with Crippen LogP contribution in [0, 0.1) is 17.8 Å². The summed E-state index contributed by atoms with van der Waals surface area (Å²) in [6, 6.07) is 10.4. The lowest BCUT2D eigenvalue weighted by Crippen LogP contribution is -2.25. The molecule has 1 aromatic rings. The van der Waals surface area contributed by atoms with Gasteiger partial charge >= 0.3 is 5.97 Å². The Morgan fingerprint density at radius 2 is 2.00 bits per heavy atom. The standard InChI is InChI=1S/C15H19NO2/c17-15(18)13-7-6-12-9-16(10-14(12)13)8-11-4-2-1-3-5-11/h1-5,12-14H,6-10H2,(H,17,18)/t12-,13?,14+/m1/s1. The Balaban J connectivity index is 1.64. The molecule has 2 aliphatic rings. The first-order valence-corrected chi connectivity index (χ1v) is 6.73. The SMILES string of the molecule is O=C(O)C1CC[C@@H]2CN(Cc3ccccc3)C[C@H]12. The Hall–Kier alpha value is -1.35. The molecule has 1 saturated carbocycles. The fourth-order valence-corrected chi connectivity index (χ4v) is 3.63. The third kappa shape index (κ3) is 2.15. The van der Waals surface area contributed by atoms with Crippen molar-refractivity contribution < 1.29 is 9.90 Å². The van der Waals surface area contributed by atoms with E-state index in [-0.39, 0.29) is 5.92 Å². The van der Waals surface area contributed by atoms with E-state index in [1.807, 2.05) is 6.07 Å². The van der Waals surface area contributed by atoms with Crippen molar-refractivity contribution in [2.75, 3.05) is 13.1 Å². The predicted octanol–water partition coefficient (Wildman–Crippen LogP) is 2.23. The third-order valence-corrected chi connectivity index (χ3v) is 4.50. The molecule has 3 rings (SSSR count). The molecule has 1 aliphatic heterocycles. The van der Waals surface area contributed by atoms with Gasteiger partial charge in [0.25, 0.3) is 0 Å². The van der Waals surface area contributed by atoms with Crippen molar-refractivity contribution in [2.45, 2.75) is 19.4 Å². The molecule has 0 spiro atoms. The average molecular weight is 245 g/mol. The minimum atomic E-state index is -0.593. The molecule has 0 radical (unpaired) electrons. The molecule has 1 saturated heterocycles. The van der Waals surface area contributed by atoms with Crippen molar-refractivity contribution in [1.29, 1.82) is 0 Å². The normalized spacial score (nSPS) is 31.4. The van der Waals surface area contributed by atoms with Gasteiger partial charge in [-0.05, 0) is 30.2 Å². The highest BCUT2D eigenvalue weighted by molar-refractivity contribution is 5.71. The Morgan fingerprint density at radius 1 is 1.22 bits per heavy atom. The molecule has 96 valence electrons. The second-order valence-corrected chi connectivity index (χ2v) is 5.63. The van der Waals surface area contributed by atoms with Crippen molar-refractivity contribution >= 4 is 5.97 Å². The third-order valence-electron chi connectivity index (χ3n) is 4.50. The summed E-state index contributed by atoms with van der Waals surface area (Å²) < 4.78 is 0. The van der Waals surface area contributed by atoms with Crippen molar-refractivity contribution in [3.05, 3.63) is 35.9 Å². The van der Waals surface area contributed by atoms with Crippen LogP contribution in [0.3, 0.4) is 0 Å². The van der Waals surface area contributed by atoms with E-state index in [9.17, 15) is 9.90 Å². The second kappa shape index (κ2) is 4.73. The Morgan fingerprint density at radius 3 is 2.72 bits per heavy atom. The number of carboxylic acid groups (broad SMARTS) is 1. The van der Waals surface area contributed by atoms with E-state index < -0.39 is 5.97 Å². The average Bonchev–Trinajstić information content (AvgIpc) is 2.89. The number of rotatable bonds is 3. The maximum Gasteiger partial charge on any atom is 0.306 e. The molecule has 1 heterocycles. The fourth-order valence-electron chi connectivity index (χ4n) is 3.63. The minimum Gasteiger partial charge on any atom is -0.481 e. The molecular weight excluding hydrogens is 226 g/mol. The minimum absolute atomic E-state index is 0.101. The number of carbonyl (C=O) groups is 1. The largest absolute Gasteiger partial charge is 0.481 e. The van der Waals surface area contributed by atoms with E-state index >= 15 is 0 Å². The van der Waals surface area contributed by atoms with Gasteiger partial charge in [0.05, 0.1) is 5.92 Å². The van der Waals surface area contributed by atoms with Crippen LogP contribution in [0.15, 0.2) is 30.3 Å². The van der Waals surface area contributed by atoms with Crippen LogP contribution in [-0.2, 0) is 11.3 Å². The summed E-state index contributed by atoms with van der Waals surface area (Å²) in [7, 11) is 0. The molecule has 3 heteroatoms. The van der Waals surface area contributed by atoms with E-state index in [0.717, 1.165) is 32.5 Å². The summed E-state index contributed by atoms with van der Waals surface area (Å²) >= 11 is 0. The van der Waals surface area contributed by atoms with Crippen molar-refractivity contribution in [1.82, 2.24) is 4.90 Å². The van der Waals surface area contributed by atoms with Crippen LogP contribution in [0.2, 0.25) is 0 Å². The highest BCUT2D eigenvalue weighted by atomic mass is 16.4. The molecule has 1 aromatic carbocycles. The number of hydrogen-bond donors (Lipinski definition) is 1. The van der Waals surface area contributed by atoms with Crippen molar-refractivity contribution in [3.63, 3.8) is 0 Å². The first kappa shape index (κ1) is 11.7. The molecule has 1 unspecified atom stereocenters. The summed E-state index contributed by atoms with van der Waals surface area (Å²) in [5, 5.41) is 9.22. The number of fused-ring (bicyclic) bond motifs is 1. The zero-order chi connectivity index (χ0) is 12.5. The lowest BCUT2D eigenvalue weighted by molar-refractivity contribution is -0.143. The summed E-state index contributed by atoms with van der Waals surface area (Å²) in [6.45, 7) is 2.99. The first-order valence-electron chi connectivity index (χ1n) is 6.73. The molecule has 18 heavy (non-hydrogen) atoms. The summed E-state index contributed by atoms with van der Waals surface area (Å²) in [4.78, 5) is 13.6. The van der Waals surface area contributed by atoms with Gasteiger partial charge in [-0.2, -0.15) is 0 Å². The lowest BCUT2D eigenvalue weighted by atomic mass is 9.93. The zero-order valence-electron chi connectivity index (χ0n) is 10.5. The lowest BCUT2D eigenvalue weighted by Gasteiger charge is -2.18. The van der Waals surface area contributed by atoms with Gasteiger partial charge in [0.15, 0.2) is 0 Å². The van der Waals surface area contributed by atoms with E-state index in [0.29, 0.717) is 11.8 Å². The molecule has 3 nitrogen and oxygen atoms in total. The van der Waals surface area contributed by atoms with Crippen molar-refractivity contribution in [2.24, 2.45) is 17.8 Å². The molecule has 0 bridgehead atoms. The van der Waals surface area contributed by atoms with Crippen LogP contribution >= 0.6 is 0 Å². The molecule has 2 fully saturated rings. The van der Waals surface area contributed by atoms with E-state index in [4.69, 9.17) is 0 Å². The highest BCUT2D eigenvalue weighted by Gasteiger charge is 2.45. The van der Waals surface area contributed by atoms with Crippen LogP contribution in [-0.4, -0.2) is 29.1 Å². The maximum atomic E-state index is 11.2. The van der Waals surface area contributed by atoms with Crippen molar-refractivity contribution in [3.8, 4) is 0 Å². The fraction of sp³-hybridized carbons (Fsp3) is 0.533. The predicted molar refractivity (Wildman–Crippen MR) is 69.1 cm³/mol. The van der Waals surface area contributed by atoms with E-state index in [1.54, 1.807) is 0 Å². The quantitative estimate of drug-likeness (QED) is 0.887. The molecule has 1 aliphatic carbocycles. The number of carboxylic acids is 1. The second-order valence-electron chi connectivity index (χ2n) is 5.63. The molecule has 0 amide bonds. The highest BCUT2D eigenvalue weighted by Crippen LogP contribution is 2.42. The van der Waals surface area contributed by atoms with Gasteiger partial charge in [0, 0.05) is 19.6 Å². The van der Waals surface area contributed by atoms with Gasteiger partial charge in [-0.15, -0.1) is 0 Å². The number of benzene rings is 1. The topological polar surface area (TPSA) is 40.5 Å². The smallest absolute Gasteiger partial charge is 0.306 e. The van der Waals surface area contributed by atoms with Gasteiger partial charge in [-0.25, -0.2) is 0 Å². The van der Waals surface area contributed by atoms with Crippen LogP contribution in [0.25, 0.3) is 0 Å². The summed E-state index contributed by atoms with van der Waals surface area (Å²) in [5.41, 5.74) is 1.32. The van der Waals surface area contributed by atoms with E-state index in [2.05, 4.69) is 29.2 Å². The number of aliphatic carboxylic acids is 1. The van der Waals surface area contributed by atoms with Gasteiger partial charge in [0.1, 0.15) is 0 Å². The Bertz CT molecular complexity index is 431. The monoisotopic (exact) mass is 245 g/mol. The van der Waals surface area contributed by atoms with E-state index in [1.165, 1.54) is 5.56 Å². The van der Waals surface area contributed by atoms with Crippen LogP contribution < -0.4 is 0 Å². The van der Waals surface area contributed by atoms with Gasteiger partial charge in [-0.1, -0.05) is 30.3 Å². The molecule has 1 N–H and O–H groups in total.